The number of aryl methyl sites for hydroxylation is 1. The third kappa shape index (κ3) is 4.99. The summed E-state index contributed by atoms with van der Waals surface area (Å²) >= 11 is 0. The van der Waals surface area contributed by atoms with E-state index in [1.165, 1.54) is 0 Å². The van der Waals surface area contributed by atoms with Gasteiger partial charge in [0.15, 0.2) is 0 Å². The zero-order valence-corrected chi connectivity index (χ0v) is 14.5. The minimum Gasteiger partial charge on any atom is -0.381 e. The van der Waals surface area contributed by atoms with E-state index < -0.39 is 10.0 Å². The van der Waals surface area contributed by atoms with Crippen molar-refractivity contribution in [1.82, 2.24) is 9.71 Å². The highest BCUT2D eigenvalue weighted by atomic mass is 32.2. The molecule has 0 aliphatic carbocycles. The fourth-order valence-electron chi connectivity index (χ4n) is 2.27. The number of hydrogen-bond acceptors (Lipinski definition) is 4. The Morgan fingerprint density at radius 1 is 1.22 bits per heavy atom. The van der Waals surface area contributed by atoms with Crippen molar-refractivity contribution in [3.63, 3.8) is 0 Å². The van der Waals surface area contributed by atoms with Crippen molar-refractivity contribution >= 4 is 20.9 Å². The second kappa shape index (κ2) is 8.38. The van der Waals surface area contributed by atoms with Crippen LogP contribution in [-0.2, 0) is 14.8 Å². The molecular formula is C17H24N2O3S. The summed E-state index contributed by atoms with van der Waals surface area (Å²) in [5.74, 6) is 0. The van der Waals surface area contributed by atoms with Crippen LogP contribution >= 0.6 is 0 Å². The molecule has 0 aliphatic rings. The highest BCUT2D eigenvalue weighted by molar-refractivity contribution is 7.89. The van der Waals surface area contributed by atoms with Crippen molar-refractivity contribution in [1.29, 1.82) is 0 Å². The minimum absolute atomic E-state index is 0.224. The van der Waals surface area contributed by atoms with Crippen LogP contribution in [0.1, 0.15) is 31.7 Å². The molecule has 0 aliphatic heterocycles. The molecule has 0 spiro atoms. The summed E-state index contributed by atoms with van der Waals surface area (Å²) in [5.41, 5.74) is 1.51. The zero-order valence-electron chi connectivity index (χ0n) is 13.7. The number of para-hydroxylation sites is 1. The number of fused-ring (bicyclic) bond motifs is 1. The average Bonchev–Trinajstić information content (AvgIpc) is 2.53. The van der Waals surface area contributed by atoms with Gasteiger partial charge in [0.1, 0.15) is 4.90 Å². The lowest BCUT2D eigenvalue weighted by Gasteiger charge is -2.09. The van der Waals surface area contributed by atoms with E-state index in [1.54, 1.807) is 18.3 Å². The molecule has 2 aromatic rings. The molecule has 1 aromatic heterocycles. The molecule has 0 atom stereocenters. The largest absolute Gasteiger partial charge is 0.381 e. The quantitative estimate of drug-likeness (QED) is 0.715. The molecule has 6 heteroatoms. The van der Waals surface area contributed by atoms with Crippen LogP contribution in [0.15, 0.2) is 35.4 Å². The Bertz CT molecular complexity index is 745. The van der Waals surface area contributed by atoms with E-state index >= 15 is 0 Å². The van der Waals surface area contributed by atoms with Gasteiger partial charge < -0.3 is 4.74 Å². The first-order valence-corrected chi connectivity index (χ1v) is 9.45. The number of nitrogens with zero attached hydrogens (tertiary/aromatic N) is 1. The summed E-state index contributed by atoms with van der Waals surface area (Å²) in [7, 11) is -3.57. The fraction of sp³-hybridized carbons (Fsp3) is 0.471. The lowest BCUT2D eigenvalue weighted by Crippen LogP contribution is -2.26. The van der Waals surface area contributed by atoms with Gasteiger partial charge in [-0.2, -0.15) is 0 Å². The van der Waals surface area contributed by atoms with Gasteiger partial charge in [-0.25, -0.2) is 13.1 Å². The Morgan fingerprint density at radius 3 is 2.78 bits per heavy atom. The van der Waals surface area contributed by atoms with E-state index in [9.17, 15) is 8.42 Å². The van der Waals surface area contributed by atoms with Crippen LogP contribution in [0, 0.1) is 6.92 Å². The third-order valence-electron chi connectivity index (χ3n) is 3.50. The Morgan fingerprint density at radius 2 is 2.00 bits per heavy atom. The van der Waals surface area contributed by atoms with Gasteiger partial charge in [-0.3, -0.25) is 4.98 Å². The van der Waals surface area contributed by atoms with Crippen molar-refractivity contribution in [2.24, 2.45) is 0 Å². The monoisotopic (exact) mass is 336 g/mol. The maximum absolute atomic E-state index is 12.5. The van der Waals surface area contributed by atoms with Crippen molar-refractivity contribution in [2.45, 2.75) is 38.0 Å². The first kappa shape index (κ1) is 17.8. The van der Waals surface area contributed by atoms with Crippen LogP contribution in [-0.4, -0.2) is 33.2 Å². The second-order valence-electron chi connectivity index (χ2n) is 5.56. The highest BCUT2D eigenvalue weighted by Gasteiger charge is 2.17. The maximum atomic E-state index is 12.5. The molecule has 1 aromatic carbocycles. The van der Waals surface area contributed by atoms with Crippen LogP contribution in [0.2, 0.25) is 0 Å². The molecule has 0 saturated heterocycles. The standard InChI is InChI=1S/C17H24N2O3S/c1-3-4-10-22-11-6-9-19-23(20,21)16-8-5-7-15-12-14(2)13-18-17(15)16/h5,7-8,12-13,19H,3-4,6,9-11H2,1-2H3. The Hall–Kier alpha value is -1.50. The lowest BCUT2D eigenvalue weighted by atomic mass is 10.2. The Kier molecular flexibility index (Phi) is 6.50. The topological polar surface area (TPSA) is 68.3 Å². The smallest absolute Gasteiger partial charge is 0.242 e. The summed E-state index contributed by atoms with van der Waals surface area (Å²) in [4.78, 5) is 4.51. The van der Waals surface area contributed by atoms with Gasteiger partial charge in [-0.05, 0) is 37.5 Å². The van der Waals surface area contributed by atoms with Gasteiger partial charge in [-0.15, -0.1) is 0 Å². The predicted octanol–water partition coefficient (Wildman–Crippen LogP) is 3.03. The summed E-state index contributed by atoms with van der Waals surface area (Å²) < 4.78 is 33.0. The first-order chi connectivity index (χ1) is 11.0. The SMILES string of the molecule is CCCCOCCCNS(=O)(=O)c1cccc2cc(C)cnc12. The van der Waals surface area contributed by atoms with E-state index in [0.29, 0.717) is 25.1 Å². The number of rotatable bonds is 9. The van der Waals surface area contributed by atoms with Crippen molar-refractivity contribution in [3.05, 3.63) is 36.0 Å². The molecule has 0 fully saturated rings. The number of benzene rings is 1. The number of ether oxygens (including phenoxy) is 1. The Balaban J connectivity index is 2.00. The molecular weight excluding hydrogens is 312 g/mol. The van der Waals surface area contributed by atoms with Crippen molar-refractivity contribution < 1.29 is 13.2 Å². The molecule has 23 heavy (non-hydrogen) atoms. The molecule has 1 heterocycles. The first-order valence-electron chi connectivity index (χ1n) is 7.97. The third-order valence-corrected chi connectivity index (χ3v) is 4.99. The van der Waals surface area contributed by atoms with Gasteiger partial charge >= 0.3 is 0 Å². The number of aromatic nitrogens is 1. The summed E-state index contributed by atoms with van der Waals surface area (Å²) in [6.45, 7) is 5.70. The molecule has 0 bridgehead atoms. The summed E-state index contributed by atoms with van der Waals surface area (Å²) in [6.07, 6.45) is 4.47. The van der Waals surface area contributed by atoms with Gasteiger partial charge in [0.2, 0.25) is 10.0 Å². The predicted molar refractivity (Wildman–Crippen MR) is 92.0 cm³/mol. The Labute approximate surface area is 138 Å². The van der Waals surface area contributed by atoms with Gasteiger partial charge in [0.25, 0.3) is 0 Å². The van der Waals surface area contributed by atoms with Crippen LogP contribution in [0.25, 0.3) is 10.9 Å². The lowest BCUT2D eigenvalue weighted by molar-refractivity contribution is 0.130. The van der Waals surface area contributed by atoms with E-state index in [1.807, 2.05) is 19.1 Å². The molecule has 0 amide bonds. The average molecular weight is 336 g/mol. The highest BCUT2D eigenvalue weighted by Crippen LogP contribution is 2.21. The molecule has 0 unspecified atom stereocenters. The normalized spacial score (nSPS) is 11.9. The van der Waals surface area contributed by atoms with E-state index in [-0.39, 0.29) is 4.90 Å². The zero-order chi connectivity index (χ0) is 16.7. The number of hydrogen-bond donors (Lipinski definition) is 1. The van der Waals surface area contributed by atoms with Crippen LogP contribution in [0.4, 0.5) is 0 Å². The van der Waals surface area contributed by atoms with Crippen molar-refractivity contribution in [3.8, 4) is 0 Å². The maximum Gasteiger partial charge on any atom is 0.242 e. The van der Waals surface area contributed by atoms with Crippen LogP contribution in [0.5, 0.6) is 0 Å². The minimum atomic E-state index is -3.57. The second-order valence-corrected chi connectivity index (χ2v) is 7.29. The molecule has 1 N–H and O–H groups in total. The fourth-order valence-corrected chi connectivity index (χ4v) is 3.52. The van der Waals surface area contributed by atoms with Crippen molar-refractivity contribution in [2.75, 3.05) is 19.8 Å². The number of pyridine rings is 1. The van der Waals surface area contributed by atoms with Crippen LogP contribution in [0.3, 0.4) is 0 Å². The molecule has 2 rings (SSSR count). The van der Waals surface area contributed by atoms with E-state index in [4.69, 9.17) is 4.74 Å². The van der Waals surface area contributed by atoms with Gasteiger partial charge in [0.05, 0.1) is 5.52 Å². The van der Waals surface area contributed by atoms with E-state index in [0.717, 1.165) is 30.4 Å². The molecule has 126 valence electrons. The number of sulfonamides is 1. The summed E-state index contributed by atoms with van der Waals surface area (Å²) in [6, 6.07) is 7.13. The number of nitrogens with one attached hydrogen (secondary N) is 1. The van der Waals surface area contributed by atoms with Gasteiger partial charge in [-0.1, -0.05) is 25.5 Å². The summed E-state index contributed by atoms with van der Waals surface area (Å²) in [5, 5.41) is 0.829. The van der Waals surface area contributed by atoms with Crippen LogP contribution < -0.4 is 4.72 Å². The molecule has 0 radical (unpaired) electrons. The van der Waals surface area contributed by atoms with Gasteiger partial charge in [0, 0.05) is 31.3 Å². The number of unbranched alkanes of at least 4 members (excludes halogenated alkanes) is 1. The molecule has 0 saturated carbocycles. The van der Waals surface area contributed by atoms with E-state index in [2.05, 4.69) is 16.6 Å². The molecule has 5 nitrogen and oxygen atoms in total.